The Labute approximate surface area is 125 Å². The molecule has 114 valence electrons. The van der Waals surface area contributed by atoms with Crippen LogP contribution in [0.15, 0.2) is 30.3 Å². The highest BCUT2D eigenvalue weighted by Crippen LogP contribution is 2.18. The van der Waals surface area contributed by atoms with Crippen molar-refractivity contribution in [1.29, 1.82) is 0 Å². The number of hydrogen-bond donors (Lipinski definition) is 1. The Morgan fingerprint density at radius 3 is 2.41 bits per heavy atom. The number of carbonyl (C=O) groups excluding carboxylic acids is 1. The normalized spacial score (nSPS) is 9.91. The van der Waals surface area contributed by atoms with Crippen molar-refractivity contribution in [2.75, 3.05) is 19.5 Å². The number of nitrogens with one attached hydrogen (secondary N) is 1. The number of rotatable bonds is 5. The number of carbonyl (C=O) groups is 1. The van der Waals surface area contributed by atoms with Gasteiger partial charge in [-0.1, -0.05) is 0 Å². The monoisotopic (exact) mass is 304 g/mol. The third-order valence-electron chi connectivity index (χ3n) is 2.66. The molecule has 0 saturated carbocycles. The molecule has 0 atom stereocenters. The van der Waals surface area contributed by atoms with Gasteiger partial charge in [0, 0.05) is 23.8 Å². The van der Waals surface area contributed by atoms with Gasteiger partial charge in [-0.15, -0.1) is 0 Å². The molecule has 0 aliphatic carbocycles. The molecule has 0 bridgehead atoms. The van der Waals surface area contributed by atoms with E-state index >= 15 is 0 Å². The molecule has 0 spiro atoms. The van der Waals surface area contributed by atoms with Gasteiger partial charge in [-0.2, -0.15) is 9.97 Å². The second-order valence-electron chi connectivity index (χ2n) is 4.04. The predicted octanol–water partition coefficient (Wildman–Crippen LogP) is 1.65. The van der Waals surface area contributed by atoms with E-state index in [-0.39, 0.29) is 29.0 Å². The number of ether oxygens (including phenoxy) is 2. The van der Waals surface area contributed by atoms with Crippen LogP contribution in [0.1, 0.15) is 10.4 Å². The van der Waals surface area contributed by atoms with Gasteiger partial charge in [0.05, 0.1) is 19.1 Å². The van der Waals surface area contributed by atoms with Gasteiger partial charge in [0.15, 0.2) is 0 Å². The molecule has 9 nitrogen and oxygen atoms in total. The van der Waals surface area contributed by atoms with E-state index in [1.54, 1.807) is 0 Å². The van der Waals surface area contributed by atoms with Crippen molar-refractivity contribution in [2.45, 2.75) is 0 Å². The Balaban J connectivity index is 2.19. The summed E-state index contributed by atoms with van der Waals surface area (Å²) in [5.41, 5.74) is 0.157. The van der Waals surface area contributed by atoms with Gasteiger partial charge in [0.2, 0.25) is 5.88 Å². The van der Waals surface area contributed by atoms with Gasteiger partial charge in [-0.3, -0.25) is 14.9 Å². The van der Waals surface area contributed by atoms with Crippen LogP contribution in [-0.2, 0) is 0 Å². The van der Waals surface area contributed by atoms with Crippen molar-refractivity contribution in [1.82, 2.24) is 9.97 Å². The summed E-state index contributed by atoms with van der Waals surface area (Å²) >= 11 is 0. The standard InChI is InChI=1S/C13H12N4O5/c1-21-11-7-10(15-13(16-11)22-2)14-12(18)8-3-5-9(6-4-8)17(19)20/h3-7H,1-2H3,(H,14,15,16,18). The van der Waals surface area contributed by atoms with E-state index in [0.717, 1.165) is 0 Å². The lowest BCUT2D eigenvalue weighted by atomic mass is 10.2. The van der Waals surface area contributed by atoms with Crippen molar-refractivity contribution in [2.24, 2.45) is 0 Å². The van der Waals surface area contributed by atoms with Crippen molar-refractivity contribution in [3.63, 3.8) is 0 Å². The smallest absolute Gasteiger partial charge is 0.321 e. The summed E-state index contributed by atoms with van der Waals surface area (Å²) in [6.45, 7) is 0. The molecule has 2 aromatic rings. The summed E-state index contributed by atoms with van der Waals surface area (Å²) in [6.07, 6.45) is 0. The molecule has 1 aromatic carbocycles. The van der Waals surface area contributed by atoms with Crippen LogP contribution in [0.25, 0.3) is 0 Å². The number of anilines is 1. The minimum absolute atomic E-state index is 0.0401. The number of amides is 1. The Bertz CT molecular complexity index is 680. The fourth-order valence-corrected chi connectivity index (χ4v) is 1.59. The van der Waals surface area contributed by atoms with E-state index in [1.807, 2.05) is 0 Å². The number of non-ortho nitro benzene ring substituents is 1. The van der Waals surface area contributed by atoms with E-state index in [9.17, 15) is 14.9 Å². The van der Waals surface area contributed by atoms with Crippen LogP contribution in [0.4, 0.5) is 11.5 Å². The molecule has 0 aliphatic rings. The largest absolute Gasteiger partial charge is 0.481 e. The first kappa shape index (κ1) is 15.2. The van der Waals surface area contributed by atoms with Gasteiger partial charge in [0.25, 0.3) is 11.6 Å². The third-order valence-corrected chi connectivity index (χ3v) is 2.66. The van der Waals surface area contributed by atoms with Gasteiger partial charge in [0.1, 0.15) is 5.82 Å². The molecule has 9 heteroatoms. The van der Waals surface area contributed by atoms with Crippen LogP contribution < -0.4 is 14.8 Å². The van der Waals surface area contributed by atoms with Gasteiger partial charge < -0.3 is 14.8 Å². The van der Waals surface area contributed by atoms with Crippen LogP contribution in [0.3, 0.4) is 0 Å². The number of hydrogen-bond acceptors (Lipinski definition) is 7. The van der Waals surface area contributed by atoms with Crippen LogP contribution in [-0.4, -0.2) is 35.0 Å². The maximum absolute atomic E-state index is 12.1. The molecular weight excluding hydrogens is 292 g/mol. The van der Waals surface area contributed by atoms with E-state index < -0.39 is 10.8 Å². The fraction of sp³-hybridized carbons (Fsp3) is 0.154. The van der Waals surface area contributed by atoms with Crippen LogP contribution in [0.2, 0.25) is 0 Å². The van der Waals surface area contributed by atoms with Gasteiger partial charge in [-0.05, 0) is 12.1 Å². The van der Waals surface area contributed by atoms with Crippen molar-refractivity contribution >= 4 is 17.4 Å². The molecule has 2 rings (SSSR count). The Morgan fingerprint density at radius 2 is 1.86 bits per heavy atom. The summed E-state index contributed by atoms with van der Waals surface area (Å²) < 4.78 is 9.87. The van der Waals surface area contributed by atoms with Crippen LogP contribution in [0.5, 0.6) is 11.9 Å². The summed E-state index contributed by atoms with van der Waals surface area (Å²) in [5, 5.41) is 13.1. The third kappa shape index (κ3) is 3.45. The first-order chi connectivity index (χ1) is 10.5. The maximum Gasteiger partial charge on any atom is 0.321 e. The average molecular weight is 304 g/mol. The first-order valence-electron chi connectivity index (χ1n) is 6.06. The number of nitro groups is 1. The van der Waals surface area contributed by atoms with Crippen LogP contribution in [0, 0.1) is 10.1 Å². The topological polar surface area (TPSA) is 116 Å². The highest BCUT2D eigenvalue weighted by molar-refractivity contribution is 6.03. The number of aromatic nitrogens is 2. The SMILES string of the molecule is COc1cc(NC(=O)c2ccc([N+](=O)[O-])cc2)nc(OC)n1. The van der Waals surface area contributed by atoms with E-state index in [2.05, 4.69) is 15.3 Å². The number of nitrogens with zero attached hydrogens (tertiary/aromatic N) is 3. The summed E-state index contributed by atoms with van der Waals surface area (Å²) in [4.78, 5) is 30.0. The summed E-state index contributed by atoms with van der Waals surface area (Å²) in [6, 6.07) is 6.66. The Morgan fingerprint density at radius 1 is 1.18 bits per heavy atom. The number of benzene rings is 1. The molecule has 1 N–H and O–H groups in total. The lowest BCUT2D eigenvalue weighted by molar-refractivity contribution is -0.384. The van der Waals surface area contributed by atoms with Crippen LogP contribution >= 0.6 is 0 Å². The maximum atomic E-state index is 12.1. The lowest BCUT2D eigenvalue weighted by Gasteiger charge is -2.07. The molecule has 1 heterocycles. The lowest BCUT2D eigenvalue weighted by Crippen LogP contribution is -2.13. The number of methoxy groups -OCH3 is 2. The second-order valence-corrected chi connectivity index (χ2v) is 4.04. The molecule has 1 aromatic heterocycles. The molecule has 0 fully saturated rings. The minimum Gasteiger partial charge on any atom is -0.481 e. The van der Waals surface area contributed by atoms with E-state index in [4.69, 9.17) is 9.47 Å². The van der Waals surface area contributed by atoms with Crippen molar-refractivity contribution < 1.29 is 19.2 Å². The molecule has 0 aliphatic heterocycles. The highest BCUT2D eigenvalue weighted by atomic mass is 16.6. The quantitative estimate of drug-likeness (QED) is 0.659. The summed E-state index contributed by atoms with van der Waals surface area (Å²) in [7, 11) is 2.81. The van der Waals surface area contributed by atoms with E-state index in [0.29, 0.717) is 0 Å². The zero-order valence-corrected chi connectivity index (χ0v) is 11.8. The highest BCUT2D eigenvalue weighted by Gasteiger charge is 2.12. The number of nitro benzene ring substituents is 1. The van der Waals surface area contributed by atoms with E-state index in [1.165, 1.54) is 44.6 Å². The summed E-state index contributed by atoms with van der Waals surface area (Å²) in [5.74, 6) is -0.0596. The molecular formula is C13H12N4O5. The Hall–Kier alpha value is -3.23. The Kier molecular flexibility index (Phi) is 4.47. The molecule has 22 heavy (non-hydrogen) atoms. The molecule has 0 unspecified atom stereocenters. The second kappa shape index (κ2) is 6.48. The van der Waals surface area contributed by atoms with Crippen molar-refractivity contribution in [3.8, 4) is 11.9 Å². The predicted molar refractivity (Wildman–Crippen MR) is 76.2 cm³/mol. The minimum atomic E-state index is -0.540. The van der Waals surface area contributed by atoms with Gasteiger partial charge >= 0.3 is 6.01 Å². The zero-order chi connectivity index (χ0) is 16.1. The zero-order valence-electron chi connectivity index (χ0n) is 11.8. The average Bonchev–Trinajstić information content (AvgIpc) is 2.54. The fourth-order valence-electron chi connectivity index (χ4n) is 1.59. The molecule has 0 radical (unpaired) electrons. The van der Waals surface area contributed by atoms with Crippen molar-refractivity contribution in [3.05, 3.63) is 46.0 Å². The molecule has 0 saturated heterocycles. The van der Waals surface area contributed by atoms with Gasteiger partial charge in [-0.25, -0.2) is 0 Å². The molecule has 1 amide bonds. The first-order valence-corrected chi connectivity index (χ1v) is 6.06.